The van der Waals surface area contributed by atoms with Gasteiger partial charge in [-0.25, -0.2) is 9.78 Å². The molecule has 2 fully saturated rings. The molecule has 1 aromatic heterocycles. The number of aromatic nitrogens is 1. The van der Waals surface area contributed by atoms with Gasteiger partial charge in [0.25, 0.3) is 0 Å². The van der Waals surface area contributed by atoms with Crippen molar-refractivity contribution in [2.24, 2.45) is 5.73 Å². The van der Waals surface area contributed by atoms with Crippen molar-refractivity contribution in [1.29, 1.82) is 0 Å². The number of fused-ring (bicyclic) bond motifs is 1. The van der Waals surface area contributed by atoms with Crippen LogP contribution in [0.25, 0.3) is 0 Å². The second-order valence-corrected chi connectivity index (χ2v) is 5.64. The molecule has 0 aromatic carbocycles. The van der Waals surface area contributed by atoms with E-state index in [2.05, 4.69) is 15.2 Å². The van der Waals surface area contributed by atoms with Gasteiger partial charge in [0.15, 0.2) is 0 Å². The van der Waals surface area contributed by atoms with Crippen LogP contribution in [0.4, 0.5) is 10.6 Å². The first kappa shape index (κ1) is 13.1. The number of carbonyl (C=O) groups excluding carboxylic acids is 1. The van der Waals surface area contributed by atoms with Gasteiger partial charge in [0.05, 0.1) is 6.04 Å². The van der Waals surface area contributed by atoms with Crippen molar-refractivity contribution >= 4 is 29.1 Å². The predicted molar refractivity (Wildman–Crippen MR) is 81.0 cm³/mol. The number of amides is 2. The van der Waals surface area contributed by atoms with Gasteiger partial charge in [0, 0.05) is 37.4 Å². The first-order chi connectivity index (χ1) is 9.54. The molecule has 2 amide bonds. The lowest BCUT2D eigenvalue weighted by molar-refractivity contribution is 0.197. The minimum Gasteiger partial charge on any atom is -0.389 e. The lowest BCUT2D eigenvalue weighted by atomic mass is 10.1. The average Bonchev–Trinajstić information content (AvgIpc) is 2.79. The Hall–Kier alpha value is -1.89. The van der Waals surface area contributed by atoms with Gasteiger partial charge in [-0.15, -0.1) is 0 Å². The first-order valence-electron chi connectivity index (χ1n) is 6.62. The average molecular weight is 291 g/mol. The number of nitrogens with one attached hydrogen (secondary N) is 1. The molecule has 0 bridgehead atoms. The van der Waals surface area contributed by atoms with Crippen LogP contribution >= 0.6 is 12.2 Å². The van der Waals surface area contributed by atoms with Gasteiger partial charge in [-0.3, -0.25) is 0 Å². The molecule has 1 atom stereocenters. The summed E-state index contributed by atoms with van der Waals surface area (Å²) in [7, 11) is 0. The molecule has 3 heterocycles. The van der Waals surface area contributed by atoms with E-state index in [0.29, 0.717) is 18.1 Å². The maximum Gasteiger partial charge on any atom is 0.317 e. The van der Waals surface area contributed by atoms with E-state index in [9.17, 15) is 4.79 Å². The van der Waals surface area contributed by atoms with E-state index in [0.717, 1.165) is 30.2 Å². The van der Waals surface area contributed by atoms with Crippen LogP contribution < -0.4 is 16.0 Å². The number of urea groups is 1. The van der Waals surface area contributed by atoms with Crippen LogP contribution in [-0.2, 0) is 0 Å². The summed E-state index contributed by atoms with van der Waals surface area (Å²) in [6.07, 6.45) is 0. The Morgan fingerprint density at radius 2 is 2.30 bits per heavy atom. The Labute approximate surface area is 122 Å². The fourth-order valence-corrected chi connectivity index (χ4v) is 2.89. The van der Waals surface area contributed by atoms with Crippen LogP contribution in [0, 0.1) is 6.92 Å². The minimum absolute atomic E-state index is 0.0377. The highest BCUT2D eigenvalue weighted by Crippen LogP contribution is 2.21. The maximum atomic E-state index is 11.6. The zero-order valence-corrected chi connectivity index (χ0v) is 12.1. The quantitative estimate of drug-likeness (QED) is 0.764. The molecule has 3 rings (SSSR count). The number of nitrogens with two attached hydrogens (primary N) is 1. The number of pyridine rings is 1. The number of hydrogen-bond acceptors (Lipinski definition) is 4. The summed E-state index contributed by atoms with van der Waals surface area (Å²) in [4.78, 5) is 20.6. The van der Waals surface area contributed by atoms with E-state index in [4.69, 9.17) is 18.0 Å². The lowest BCUT2D eigenvalue weighted by Gasteiger charge is -2.37. The molecule has 0 aliphatic carbocycles. The normalized spacial score (nSPS) is 21.6. The van der Waals surface area contributed by atoms with Crippen molar-refractivity contribution < 1.29 is 4.79 Å². The third kappa shape index (κ3) is 2.29. The fraction of sp³-hybridized carbons (Fsp3) is 0.462. The molecule has 2 aliphatic heterocycles. The zero-order valence-electron chi connectivity index (χ0n) is 11.3. The molecular weight excluding hydrogens is 274 g/mol. The highest BCUT2D eigenvalue weighted by atomic mass is 32.1. The Morgan fingerprint density at radius 1 is 1.50 bits per heavy atom. The molecule has 1 unspecified atom stereocenters. The summed E-state index contributed by atoms with van der Waals surface area (Å²) in [5.74, 6) is 0.881. The maximum absolute atomic E-state index is 11.6. The van der Waals surface area contributed by atoms with Crippen LogP contribution in [0.1, 0.15) is 11.3 Å². The number of aryl methyl sites for hydroxylation is 1. The van der Waals surface area contributed by atoms with Crippen molar-refractivity contribution in [3.8, 4) is 0 Å². The topological polar surface area (TPSA) is 74.5 Å². The zero-order chi connectivity index (χ0) is 14.3. The van der Waals surface area contributed by atoms with E-state index >= 15 is 0 Å². The van der Waals surface area contributed by atoms with Gasteiger partial charge < -0.3 is 20.9 Å². The van der Waals surface area contributed by atoms with E-state index in [1.54, 1.807) is 0 Å². The number of piperazine rings is 1. The SMILES string of the molecule is Cc1cc(C(N)=S)cc(N2CCN3C(=O)NCC3C2)n1. The number of rotatable bonds is 2. The third-order valence-electron chi connectivity index (χ3n) is 3.78. The molecule has 2 saturated heterocycles. The molecule has 0 saturated carbocycles. The van der Waals surface area contributed by atoms with Crippen molar-refractivity contribution in [2.45, 2.75) is 13.0 Å². The Balaban J connectivity index is 1.83. The fourth-order valence-electron chi connectivity index (χ4n) is 2.77. The van der Waals surface area contributed by atoms with Crippen LogP contribution in [0.3, 0.4) is 0 Å². The van der Waals surface area contributed by atoms with Gasteiger partial charge in [0.2, 0.25) is 0 Å². The minimum atomic E-state index is 0.0377. The van der Waals surface area contributed by atoms with Gasteiger partial charge in [-0.2, -0.15) is 0 Å². The van der Waals surface area contributed by atoms with Crippen LogP contribution in [0.15, 0.2) is 12.1 Å². The number of nitrogens with zero attached hydrogens (tertiary/aromatic N) is 3. The number of anilines is 1. The standard InChI is InChI=1S/C13H17N5OS/c1-8-4-9(12(14)20)5-11(16-8)17-2-3-18-10(7-17)6-15-13(18)19/h4-5,10H,2-3,6-7H2,1H3,(H2,14,20)(H,15,19). The van der Waals surface area contributed by atoms with Crippen LogP contribution in [0.2, 0.25) is 0 Å². The highest BCUT2D eigenvalue weighted by Gasteiger charge is 2.35. The molecule has 3 N–H and O–H groups in total. The smallest absolute Gasteiger partial charge is 0.317 e. The van der Waals surface area contributed by atoms with Gasteiger partial charge in [0.1, 0.15) is 10.8 Å². The van der Waals surface area contributed by atoms with E-state index in [-0.39, 0.29) is 12.1 Å². The van der Waals surface area contributed by atoms with Crippen LogP contribution in [-0.4, -0.2) is 53.1 Å². The molecule has 106 valence electrons. The Morgan fingerprint density at radius 3 is 3.05 bits per heavy atom. The number of hydrogen-bond donors (Lipinski definition) is 2. The summed E-state index contributed by atoms with van der Waals surface area (Å²) < 4.78 is 0. The van der Waals surface area contributed by atoms with Crippen molar-refractivity contribution in [3.63, 3.8) is 0 Å². The molecular formula is C13H17N5OS. The van der Waals surface area contributed by atoms with Crippen molar-refractivity contribution in [2.75, 3.05) is 31.1 Å². The summed E-state index contributed by atoms with van der Waals surface area (Å²) >= 11 is 5.04. The van der Waals surface area contributed by atoms with E-state index < -0.39 is 0 Å². The lowest BCUT2D eigenvalue weighted by Crippen LogP contribution is -2.52. The summed E-state index contributed by atoms with van der Waals surface area (Å²) in [6, 6.07) is 4.07. The molecule has 7 heteroatoms. The molecule has 1 aromatic rings. The number of carbonyl (C=O) groups is 1. The Kier molecular flexibility index (Phi) is 3.21. The van der Waals surface area contributed by atoms with Gasteiger partial charge in [-0.05, 0) is 19.1 Å². The van der Waals surface area contributed by atoms with Gasteiger partial charge in [-0.1, -0.05) is 12.2 Å². The summed E-state index contributed by atoms with van der Waals surface area (Å²) in [5, 5.41) is 2.87. The largest absolute Gasteiger partial charge is 0.389 e. The summed E-state index contributed by atoms with van der Waals surface area (Å²) in [5.41, 5.74) is 7.44. The second kappa shape index (κ2) is 4.90. The van der Waals surface area contributed by atoms with Crippen molar-refractivity contribution in [3.05, 3.63) is 23.4 Å². The molecule has 6 nitrogen and oxygen atoms in total. The highest BCUT2D eigenvalue weighted by molar-refractivity contribution is 7.80. The Bertz CT molecular complexity index is 576. The van der Waals surface area contributed by atoms with Crippen molar-refractivity contribution in [1.82, 2.24) is 15.2 Å². The molecule has 0 spiro atoms. The molecule has 2 aliphatic rings. The molecule has 20 heavy (non-hydrogen) atoms. The molecule has 0 radical (unpaired) electrons. The first-order valence-corrected chi connectivity index (χ1v) is 7.03. The predicted octanol–water partition coefficient (Wildman–Crippen LogP) is 0.238. The van der Waals surface area contributed by atoms with Gasteiger partial charge >= 0.3 is 6.03 Å². The monoisotopic (exact) mass is 291 g/mol. The number of thiocarbonyl (C=S) groups is 1. The third-order valence-corrected chi connectivity index (χ3v) is 4.02. The van der Waals surface area contributed by atoms with E-state index in [1.807, 2.05) is 24.0 Å². The second-order valence-electron chi connectivity index (χ2n) is 5.20. The van der Waals surface area contributed by atoms with E-state index in [1.165, 1.54) is 0 Å². The summed E-state index contributed by atoms with van der Waals surface area (Å²) in [6.45, 7) is 4.91. The van der Waals surface area contributed by atoms with Crippen LogP contribution in [0.5, 0.6) is 0 Å².